The molecule has 0 bridgehead atoms. The zero-order valence-corrected chi connectivity index (χ0v) is 17.8. The van der Waals surface area contributed by atoms with Crippen LogP contribution < -0.4 is 5.32 Å². The topological polar surface area (TPSA) is 78.8 Å². The molecule has 0 atom stereocenters. The van der Waals surface area contributed by atoms with E-state index in [1.165, 1.54) is 0 Å². The van der Waals surface area contributed by atoms with Crippen LogP contribution in [0.15, 0.2) is 36.9 Å². The number of amides is 1. The maximum absolute atomic E-state index is 12.6. The first-order valence-corrected chi connectivity index (χ1v) is 11.1. The first-order chi connectivity index (χ1) is 14.8. The van der Waals surface area contributed by atoms with E-state index in [4.69, 9.17) is 0 Å². The first kappa shape index (κ1) is 21.7. The number of carbonyl (C=O) groups is 1. The van der Waals surface area contributed by atoms with Crippen molar-refractivity contribution < 1.29 is 18.0 Å². The Bertz CT molecular complexity index is 1050. The third-order valence-electron chi connectivity index (χ3n) is 5.73. The van der Waals surface area contributed by atoms with Crippen molar-refractivity contribution in [1.29, 1.82) is 0 Å². The summed E-state index contributed by atoms with van der Waals surface area (Å²) in [6.45, 7) is 0.117. The molecule has 1 fully saturated rings. The van der Waals surface area contributed by atoms with Crippen LogP contribution in [0.4, 0.5) is 13.2 Å². The Balaban J connectivity index is 1.62. The van der Waals surface area contributed by atoms with E-state index in [2.05, 4.69) is 19.4 Å². The van der Waals surface area contributed by atoms with Crippen LogP contribution in [0.2, 0.25) is 0 Å². The predicted molar refractivity (Wildman–Crippen MR) is 113 cm³/mol. The number of piperidine rings is 1. The van der Waals surface area contributed by atoms with E-state index in [9.17, 15) is 18.0 Å². The first-order valence-electron chi connectivity index (χ1n) is 9.90. The smallest absolute Gasteiger partial charge is 0.347 e. The molecule has 3 aromatic heterocycles. The Hall–Kier alpha value is -2.53. The monoisotopic (exact) mass is 452 g/mol. The fraction of sp³-hybridized carbons (Fsp3) is 0.450. The summed E-state index contributed by atoms with van der Waals surface area (Å²) in [5.41, 5.74) is 1.91. The lowest BCUT2D eigenvalue weighted by Crippen LogP contribution is -2.48. The quantitative estimate of drug-likeness (QED) is 0.559. The van der Waals surface area contributed by atoms with Crippen molar-refractivity contribution in [3.05, 3.63) is 36.9 Å². The van der Waals surface area contributed by atoms with Gasteiger partial charge in [0.2, 0.25) is 5.91 Å². The van der Waals surface area contributed by atoms with Crippen molar-refractivity contribution in [3.63, 3.8) is 0 Å². The molecule has 1 saturated heterocycles. The molecule has 0 saturated carbocycles. The number of hydrogen-bond acceptors (Lipinski definition) is 5. The van der Waals surface area contributed by atoms with Gasteiger partial charge in [0.05, 0.1) is 18.2 Å². The number of halogens is 3. The lowest BCUT2D eigenvalue weighted by molar-refractivity contribution is -0.140. The Morgan fingerprint density at radius 1 is 1.32 bits per heavy atom. The van der Waals surface area contributed by atoms with E-state index in [0.29, 0.717) is 12.8 Å². The average Bonchev–Trinajstić information content (AvgIpc) is 3.42. The van der Waals surface area contributed by atoms with E-state index < -0.39 is 24.2 Å². The summed E-state index contributed by atoms with van der Waals surface area (Å²) in [6.07, 6.45) is 5.87. The molecule has 31 heavy (non-hydrogen) atoms. The predicted octanol–water partition coefficient (Wildman–Crippen LogP) is 3.56. The molecule has 4 heterocycles. The number of rotatable bonds is 6. The molecule has 11 heteroatoms. The number of hydrogen-bond donors (Lipinski definition) is 2. The number of H-pyrrole nitrogens is 1. The van der Waals surface area contributed by atoms with Gasteiger partial charge in [-0.15, -0.1) is 0 Å². The van der Waals surface area contributed by atoms with Gasteiger partial charge in [0, 0.05) is 42.6 Å². The van der Waals surface area contributed by atoms with E-state index in [1.807, 2.05) is 36.1 Å². The lowest BCUT2D eigenvalue weighted by Gasteiger charge is -2.41. The number of carbonyl (C=O) groups excluding carboxylic acids is 1. The molecule has 1 aliphatic heterocycles. The Morgan fingerprint density at radius 3 is 2.81 bits per heavy atom. The summed E-state index contributed by atoms with van der Waals surface area (Å²) in [7, 11) is 0. The largest absolute Gasteiger partial charge is 0.405 e. The summed E-state index contributed by atoms with van der Waals surface area (Å²) in [5, 5.41) is 7.52. The van der Waals surface area contributed by atoms with Gasteiger partial charge in [0.15, 0.2) is 0 Å². The molecule has 0 aromatic carbocycles. The highest BCUT2D eigenvalue weighted by Crippen LogP contribution is 2.37. The van der Waals surface area contributed by atoms with Gasteiger partial charge >= 0.3 is 6.18 Å². The van der Waals surface area contributed by atoms with Crippen molar-refractivity contribution in [2.24, 2.45) is 0 Å². The van der Waals surface area contributed by atoms with Crippen LogP contribution in [0.5, 0.6) is 0 Å². The second kappa shape index (κ2) is 8.54. The molecule has 1 amide bonds. The number of aromatic amines is 1. The molecule has 2 N–H and O–H groups in total. The lowest BCUT2D eigenvalue weighted by atomic mass is 9.84. The fourth-order valence-corrected chi connectivity index (χ4v) is 4.61. The molecule has 166 valence electrons. The van der Waals surface area contributed by atoms with Crippen molar-refractivity contribution in [1.82, 2.24) is 29.4 Å². The van der Waals surface area contributed by atoms with Crippen LogP contribution in [0.25, 0.3) is 22.2 Å². The van der Waals surface area contributed by atoms with Crippen LogP contribution in [0.1, 0.15) is 19.3 Å². The molecule has 1 aliphatic rings. The third-order valence-corrected chi connectivity index (χ3v) is 6.61. The van der Waals surface area contributed by atoms with Crippen molar-refractivity contribution >= 4 is 28.9 Å². The Labute approximate surface area is 181 Å². The summed E-state index contributed by atoms with van der Waals surface area (Å²) in [4.78, 5) is 19.8. The SMILES string of the molecule is CSN1CCC(CC(=O)NCC(F)(F)F)(n2cc(-c3ccnc4[nH]ccc34)cn2)CC1. The summed E-state index contributed by atoms with van der Waals surface area (Å²) >= 11 is 1.62. The Morgan fingerprint density at radius 2 is 2.10 bits per heavy atom. The van der Waals surface area contributed by atoms with Gasteiger partial charge in [-0.2, -0.15) is 18.3 Å². The number of pyridine rings is 1. The molecule has 0 spiro atoms. The van der Waals surface area contributed by atoms with E-state index in [1.54, 1.807) is 29.0 Å². The minimum atomic E-state index is -4.44. The Kier molecular flexibility index (Phi) is 5.98. The standard InChI is InChI=1S/C20H23F3N6OS/c1-31-28-8-4-19(5-9-28,10-17(30)26-13-20(21,22)23)29-12-14(11-27-29)15-2-6-24-18-16(15)3-7-25-18/h2-3,6-7,11-12H,4-5,8-10,13H2,1H3,(H,24,25)(H,26,30). The second-order valence-electron chi connectivity index (χ2n) is 7.68. The maximum Gasteiger partial charge on any atom is 0.405 e. The van der Waals surface area contributed by atoms with Crippen LogP contribution in [0.3, 0.4) is 0 Å². The average molecular weight is 453 g/mol. The zero-order valence-electron chi connectivity index (χ0n) is 16.9. The van der Waals surface area contributed by atoms with Gasteiger partial charge in [0.1, 0.15) is 12.2 Å². The molecule has 0 radical (unpaired) electrons. The highest BCUT2D eigenvalue weighted by Gasteiger charge is 2.40. The minimum absolute atomic E-state index is 0.0532. The summed E-state index contributed by atoms with van der Waals surface area (Å²) in [6, 6.07) is 3.84. The number of alkyl halides is 3. The minimum Gasteiger partial charge on any atom is -0.347 e. The number of nitrogens with one attached hydrogen (secondary N) is 2. The van der Waals surface area contributed by atoms with Crippen molar-refractivity contribution in [2.75, 3.05) is 25.9 Å². The highest BCUT2D eigenvalue weighted by atomic mass is 32.2. The maximum atomic E-state index is 12.6. The molecule has 7 nitrogen and oxygen atoms in total. The van der Waals surface area contributed by atoms with Gasteiger partial charge in [-0.25, -0.2) is 4.98 Å². The van der Waals surface area contributed by atoms with Gasteiger partial charge in [-0.3, -0.25) is 13.8 Å². The molecule has 3 aromatic rings. The van der Waals surface area contributed by atoms with Crippen LogP contribution in [-0.4, -0.2) is 62.0 Å². The third kappa shape index (κ3) is 4.72. The van der Waals surface area contributed by atoms with Gasteiger partial charge in [-0.05, 0) is 36.8 Å². The van der Waals surface area contributed by atoms with Gasteiger partial charge in [0.25, 0.3) is 0 Å². The molecule has 4 rings (SSSR count). The molecule has 0 unspecified atom stereocenters. The zero-order chi connectivity index (χ0) is 22.1. The van der Waals surface area contributed by atoms with Crippen molar-refractivity contribution in [2.45, 2.75) is 31.0 Å². The number of aromatic nitrogens is 4. The van der Waals surface area contributed by atoms with Crippen molar-refractivity contribution in [3.8, 4) is 11.1 Å². The molecular formula is C20H23F3N6OS. The molecular weight excluding hydrogens is 429 g/mol. The highest BCUT2D eigenvalue weighted by molar-refractivity contribution is 7.96. The second-order valence-corrected chi connectivity index (χ2v) is 8.56. The van der Waals surface area contributed by atoms with E-state index in [0.717, 1.165) is 35.2 Å². The van der Waals surface area contributed by atoms with Gasteiger partial charge in [-0.1, -0.05) is 11.9 Å². The normalized spacial score (nSPS) is 17.2. The summed E-state index contributed by atoms with van der Waals surface area (Å²) < 4.78 is 41.6. The van der Waals surface area contributed by atoms with E-state index in [-0.39, 0.29) is 6.42 Å². The van der Waals surface area contributed by atoms with Crippen LogP contribution >= 0.6 is 11.9 Å². The van der Waals surface area contributed by atoms with Crippen LogP contribution in [-0.2, 0) is 10.3 Å². The van der Waals surface area contributed by atoms with E-state index >= 15 is 0 Å². The number of nitrogens with zero attached hydrogens (tertiary/aromatic N) is 4. The fourth-order valence-electron chi connectivity index (χ4n) is 4.07. The summed E-state index contributed by atoms with van der Waals surface area (Å²) in [5.74, 6) is -0.621. The number of fused-ring (bicyclic) bond motifs is 1. The molecule has 0 aliphatic carbocycles. The van der Waals surface area contributed by atoms with Gasteiger partial charge < -0.3 is 10.3 Å². The van der Waals surface area contributed by atoms with Crippen LogP contribution in [0, 0.1) is 0 Å².